The van der Waals surface area contributed by atoms with Crippen LogP contribution < -0.4 is 5.32 Å². The van der Waals surface area contributed by atoms with E-state index < -0.39 is 26.1 Å². The van der Waals surface area contributed by atoms with Crippen molar-refractivity contribution in [2.45, 2.75) is 80.9 Å². The predicted octanol–water partition coefficient (Wildman–Crippen LogP) is 2.50. The zero-order valence-electron chi connectivity index (χ0n) is 19.0. The highest BCUT2D eigenvalue weighted by atomic mass is 32.2. The summed E-state index contributed by atoms with van der Waals surface area (Å²) in [5.41, 5.74) is -1.74. The second kappa shape index (κ2) is 7.48. The van der Waals surface area contributed by atoms with Crippen LogP contribution in [0.15, 0.2) is 23.1 Å². The lowest BCUT2D eigenvalue weighted by Gasteiger charge is -2.58. The Balaban J connectivity index is 1.40. The molecule has 2 unspecified atom stereocenters. The Morgan fingerprint density at radius 2 is 1.91 bits per heavy atom. The third-order valence-corrected chi connectivity index (χ3v) is 10.6. The van der Waals surface area contributed by atoms with Gasteiger partial charge in [-0.1, -0.05) is 6.07 Å². The van der Waals surface area contributed by atoms with Gasteiger partial charge in [0.2, 0.25) is 15.9 Å². The molecule has 9 nitrogen and oxygen atoms in total. The van der Waals surface area contributed by atoms with Crippen molar-refractivity contribution >= 4 is 21.6 Å². The minimum absolute atomic E-state index is 0.0447. The third kappa shape index (κ3) is 3.57. The summed E-state index contributed by atoms with van der Waals surface area (Å²) in [7, 11) is -4.11. The Morgan fingerprint density at radius 1 is 1.24 bits per heavy atom. The number of hydrogen-bond acceptors (Lipinski definition) is 6. The molecule has 10 heteroatoms. The molecule has 33 heavy (non-hydrogen) atoms. The molecule has 0 spiro atoms. The first-order valence-electron chi connectivity index (χ1n) is 11.7. The summed E-state index contributed by atoms with van der Waals surface area (Å²) in [6.07, 6.45) is 5.16. The van der Waals surface area contributed by atoms with E-state index in [1.54, 1.807) is 13.8 Å². The minimum Gasteiger partial charge on any atom is -0.390 e. The number of aliphatic hydroxyl groups is 1. The molecule has 1 aromatic rings. The van der Waals surface area contributed by atoms with Crippen LogP contribution in [0, 0.1) is 34.8 Å². The molecule has 4 bridgehead atoms. The second-order valence-corrected chi connectivity index (χ2v) is 12.7. The molecule has 0 radical (unpaired) electrons. The van der Waals surface area contributed by atoms with E-state index >= 15 is 0 Å². The van der Waals surface area contributed by atoms with Crippen LogP contribution in [0.1, 0.15) is 57.4 Å². The molecule has 1 saturated heterocycles. The lowest BCUT2D eigenvalue weighted by atomic mass is 9.52. The van der Waals surface area contributed by atoms with Gasteiger partial charge in [0.05, 0.1) is 15.4 Å². The van der Waals surface area contributed by atoms with Crippen molar-refractivity contribution in [3.8, 4) is 0 Å². The maximum Gasteiger partial charge on any atom is 0.273 e. The van der Waals surface area contributed by atoms with Gasteiger partial charge < -0.3 is 10.4 Å². The number of amides is 1. The fourth-order valence-corrected chi connectivity index (χ4v) is 8.98. The van der Waals surface area contributed by atoms with Gasteiger partial charge in [0, 0.05) is 24.2 Å². The number of nitrogens with one attached hydrogen (secondary N) is 1. The third-order valence-electron chi connectivity index (χ3n) is 8.57. The highest BCUT2D eigenvalue weighted by molar-refractivity contribution is 7.89. The number of nitro benzene ring substituents is 1. The monoisotopic (exact) mass is 477 g/mol. The van der Waals surface area contributed by atoms with Crippen LogP contribution >= 0.6 is 0 Å². The summed E-state index contributed by atoms with van der Waals surface area (Å²) in [6, 6.07) is 3.83. The van der Waals surface area contributed by atoms with Crippen LogP contribution in [-0.2, 0) is 14.8 Å². The first kappa shape index (κ1) is 22.7. The van der Waals surface area contributed by atoms with Gasteiger partial charge in [-0.05, 0) is 82.6 Å². The number of carbonyl (C=O) groups excluding carboxylic acids is 1. The van der Waals surface area contributed by atoms with Crippen molar-refractivity contribution in [1.29, 1.82) is 0 Å². The molecule has 4 aliphatic carbocycles. The molecule has 4 saturated carbocycles. The normalized spacial score (nSPS) is 37.9. The fourth-order valence-electron chi connectivity index (χ4n) is 7.15. The van der Waals surface area contributed by atoms with Gasteiger partial charge >= 0.3 is 0 Å². The molecule has 2 N–H and O–H groups in total. The van der Waals surface area contributed by atoms with E-state index in [2.05, 4.69) is 5.32 Å². The molecule has 1 aliphatic heterocycles. The molecule has 1 aromatic carbocycles. The van der Waals surface area contributed by atoms with Gasteiger partial charge in [0.1, 0.15) is 5.54 Å². The summed E-state index contributed by atoms with van der Waals surface area (Å²) in [5, 5.41) is 25.4. The van der Waals surface area contributed by atoms with E-state index in [4.69, 9.17) is 0 Å². The van der Waals surface area contributed by atoms with Gasteiger partial charge in [-0.2, -0.15) is 4.31 Å². The Bertz CT molecular complexity index is 1110. The average Bonchev–Trinajstić information content (AvgIpc) is 3.13. The van der Waals surface area contributed by atoms with Gasteiger partial charge in [-0.15, -0.1) is 0 Å². The number of aryl methyl sites for hydroxylation is 1. The predicted molar refractivity (Wildman–Crippen MR) is 120 cm³/mol. The first-order chi connectivity index (χ1) is 15.4. The zero-order valence-corrected chi connectivity index (χ0v) is 19.8. The van der Waals surface area contributed by atoms with Crippen LogP contribution in [0.5, 0.6) is 0 Å². The van der Waals surface area contributed by atoms with Crippen molar-refractivity contribution in [2.24, 2.45) is 17.8 Å². The van der Waals surface area contributed by atoms with Crippen LogP contribution in [0.4, 0.5) is 5.69 Å². The highest BCUT2D eigenvalue weighted by Crippen LogP contribution is 2.55. The Labute approximate surface area is 193 Å². The quantitative estimate of drug-likeness (QED) is 0.495. The maximum absolute atomic E-state index is 13.6. The summed E-state index contributed by atoms with van der Waals surface area (Å²) in [5.74, 6) is 0.645. The smallest absolute Gasteiger partial charge is 0.273 e. The molecular weight excluding hydrogens is 446 g/mol. The molecule has 5 fully saturated rings. The van der Waals surface area contributed by atoms with Crippen molar-refractivity contribution in [3.63, 3.8) is 0 Å². The van der Waals surface area contributed by atoms with Gasteiger partial charge in [0.15, 0.2) is 0 Å². The van der Waals surface area contributed by atoms with Gasteiger partial charge in [-0.3, -0.25) is 14.9 Å². The number of hydrogen-bond donors (Lipinski definition) is 2. The molecule has 180 valence electrons. The van der Waals surface area contributed by atoms with E-state index in [0.29, 0.717) is 37.2 Å². The van der Waals surface area contributed by atoms with Crippen molar-refractivity contribution in [1.82, 2.24) is 9.62 Å². The number of rotatable bonds is 5. The minimum atomic E-state index is -4.11. The van der Waals surface area contributed by atoms with E-state index in [0.717, 1.165) is 25.3 Å². The molecule has 1 amide bonds. The molecule has 6 rings (SSSR count). The zero-order chi connectivity index (χ0) is 23.8. The van der Waals surface area contributed by atoms with Crippen molar-refractivity contribution in [3.05, 3.63) is 33.9 Å². The van der Waals surface area contributed by atoms with Gasteiger partial charge in [-0.25, -0.2) is 8.42 Å². The van der Waals surface area contributed by atoms with Crippen LogP contribution in [0.3, 0.4) is 0 Å². The highest BCUT2D eigenvalue weighted by Gasteiger charge is 2.57. The standard InChI is InChI=1S/C23H31N3O6S/c1-14-4-5-18(10-19(14)26(29)30)33(31,32)25-7-3-6-22(25,2)21(27)24-20-16-8-15-9-17(20)13-23(28,11-15)12-16/h4-5,10,15-17,20,28H,3,6-9,11-13H2,1-2H3,(H,24,27)/t15?,16?,17?,20?,22-,23?/m1/s1. The molecule has 0 aromatic heterocycles. The van der Waals surface area contributed by atoms with E-state index in [1.807, 2.05) is 0 Å². The average molecular weight is 478 g/mol. The second-order valence-electron chi connectivity index (χ2n) is 10.9. The lowest BCUT2D eigenvalue weighted by molar-refractivity contribution is -0.385. The van der Waals surface area contributed by atoms with Gasteiger partial charge in [0.25, 0.3) is 5.69 Å². The summed E-state index contributed by atoms with van der Waals surface area (Å²) in [6.45, 7) is 3.40. The number of nitro groups is 1. The largest absolute Gasteiger partial charge is 0.390 e. The Kier molecular flexibility index (Phi) is 5.15. The Morgan fingerprint density at radius 3 is 2.52 bits per heavy atom. The van der Waals surface area contributed by atoms with Crippen LogP contribution in [0.2, 0.25) is 0 Å². The summed E-state index contributed by atoms with van der Waals surface area (Å²) >= 11 is 0. The van der Waals surface area contributed by atoms with Crippen molar-refractivity contribution < 1.29 is 23.2 Å². The number of sulfonamides is 1. The van der Waals surface area contributed by atoms with Crippen molar-refractivity contribution in [2.75, 3.05) is 6.54 Å². The molecular formula is C23H31N3O6S. The van der Waals surface area contributed by atoms with Crippen LogP contribution in [-0.4, -0.2) is 52.4 Å². The maximum atomic E-state index is 13.6. The molecule has 3 atom stereocenters. The van der Waals surface area contributed by atoms with E-state index in [-0.39, 0.29) is 40.9 Å². The fraction of sp³-hybridized carbons (Fsp3) is 0.696. The van der Waals surface area contributed by atoms with E-state index in [1.165, 1.54) is 16.4 Å². The Hall–Kier alpha value is -2.04. The number of nitrogens with zero attached hydrogens (tertiary/aromatic N) is 2. The summed E-state index contributed by atoms with van der Waals surface area (Å²) < 4.78 is 28.2. The lowest BCUT2D eigenvalue weighted by Crippen LogP contribution is -2.65. The summed E-state index contributed by atoms with van der Waals surface area (Å²) in [4.78, 5) is 24.1. The topological polar surface area (TPSA) is 130 Å². The molecule has 1 heterocycles. The van der Waals surface area contributed by atoms with E-state index in [9.17, 15) is 28.4 Å². The molecule has 5 aliphatic rings. The first-order valence-corrected chi connectivity index (χ1v) is 13.2. The van der Waals surface area contributed by atoms with Crippen LogP contribution in [0.25, 0.3) is 0 Å². The number of benzene rings is 1. The number of carbonyl (C=O) groups is 1. The SMILES string of the molecule is Cc1ccc(S(=O)(=O)N2CCC[C@]2(C)C(=O)NC2C3CC4CC2CC(O)(C4)C3)cc1[N+](=O)[O-].